The second kappa shape index (κ2) is 7.00. The van der Waals surface area contributed by atoms with Crippen LogP contribution in [0.3, 0.4) is 0 Å². The molecule has 9 heteroatoms. The topological polar surface area (TPSA) is 105 Å². The first-order valence-corrected chi connectivity index (χ1v) is 9.66. The predicted octanol–water partition coefficient (Wildman–Crippen LogP) is 0.226. The average Bonchev–Trinajstić information content (AvgIpc) is 2.35. The standard InChI is InChI=1S/C11H19N3O4S2/c1-3-13-10-5-7-12-9-11(10)20(17,18)14-6-4-8-19(2,15)16/h5,7,9,14H,3-4,6,8H2,1-2H3,(H,12,13). The summed E-state index contributed by atoms with van der Waals surface area (Å²) in [7, 11) is -6.78. The van der Waals surface area contributed by atoms with Gasteiger partial charge in [0.2, 0.25) is 10.0 Å². The van der Waals surface area contributed by atoms with Crippen LogP contribution in [0.4, 0.5) is 5.69 Å². The van der Waals surface area contributed by atoms with Crippen molar-refractivity contribution in [2.75, 3.05) is 30.4 Å². The van der Waals surface area contributed by atoms with Gasteiger partial charge in [-0.2, -0.15) is 0 Å². The second-order valence-electron chi connectivity index (χ2n) is 4.28. The van der Waals surface area contributed by atoms with Crippen molar-refractivity contribution < 1.29 is 16.8 Å². The van der Waals surface area contributed by atoms with Crippen LogP contribution in [0.2, 0.25) is 0 Å². The quantitative estimate of drug-likeness (QED) is 0.664. The van der Waals surface area contributed by atoms with Gasteiger partial charge in [0.1, 0.15) is 14.7 Å². The number of sulfone groups is 1. The van der Waals surface area contributed by atoms with Crippen LogP contribution < -0.4 is 10.0 Å². The summed E-state index contributed by atoms with van der Waals surface area (Å²) < 4.78 is 48.5. The molecule has 1 rings (SSSR count). The summed E-state index contributed by atoms with van der Waals surface area (Å²) in [5.74, 6) is -0.0529. The van der Waals surface area contributed by atoms with Gasteiger partial charge in [-0.05, 0) is 19.4 Å². The molecule has 0 amide bonds. The Morgan fingerprint density at radius 2 is 1.95 bits per heavy atom. The molecule has 0 saturated carbocycles. The van der Waals surface area contributed by atoms with Crippen molar-refractivity contribution >= 4 is 25.5 Å². The minimum absolute atomic E-state index is 0.0529. The first kappa shape index (κ1) is 16.9. The zero-order valence-corrected chi connectivity index (χ0v) is 13.1. The first-order chi connectivity index (χ1) is 9.26. The largest absolute Gasteiger partial charge is 0.384 e. The Balaban J connectivity index is 2.74. The molecule has 1 heterocycles. The molecule has 7 nitrogen and oxygen atoms in total. The highest BCUT2D eigenvalue weighted by Crippen LogP contribution is 2.18. The maximum Gasteiger partial charge on any atom is 0.244 e. The summed E-state index contributed by atoms with van der Waals surface area (Å²) in [5, 5.41) is 2.94. The van der Waals surface area contributed by atoms with Gasteiger partial charge in [-0.25, -0.2) is 21.6 Å². The smallest absolute Gasteiger partial charge is 0.244 e. The van der Waals surface area contributed by atoms with Crippen molar-refractivity contribution in [1.29, 1.82) is 0 Å². The summed E-state index contributed by atoms with van der Waals surface area (Å²) in [5.41, 5.74) is 0.470. The van der Waals surface area contributed by atoms with Crippen molar-refractivity contribution in [1.82, 2.24) is 9.71 Å². The summed E-state index contributed by atoms with van der Waals surface area (Å²) in [6, 6.07) is 1.58. The second-order valence-corrected chi connectivity index (χ2v) is 8.28. The summed E-state index contributed by atoms with van der Waals surface area (Å²) >= 11 is 0. The zero-order valence-electron chi connectivity index (χ0n) is 11.5. The summed E-state index contributed by atoms with van der Waals surface area (Å²) in [6.45, 7) is 2.51. The highest BCUT2D eigenvalue weighted by molar-refractivity contribution is 7.90. The Kier molecular flexibility index (Phi) is 5.90. The highest BCUT2D eigenvalue weighted by atomic mass is 32.2. The summed E-state index contributed by atoms with van der Waals surface area (Å²) in [4.78, 5) is 3.86. The Labute approximate surface area is 119 Å². The molecule has 1 aromatic heterocycles. The molecular formula is C11H19N3O4S2. The third kappa shape index (κ3) is 5.43. The van der Waals surface area contributed by atoms with E-state index in [2.05, 4.69) is 15.0 Å². The molecule has 0 aromatic carbocycles. The van der Waals surface area contributed by atoms with E-state index in [9.17, 15) is 16.8 Å². The molecular weight excluding hydrogens is 302 g/mol. The number of hydrogen-bond acceptors (Lipinski definition) is 6. The number of nitrogens with zero attached hydrogens (tertiary/aromatic N) is 1. The zero-order chi connectivity index (χ0) is 15.2. The van der Waals surface area contributed by atoms with Crippen LogP contribution in [0.1, 0.15) is 13.3 Å². The minimum Gasteiger partial charge on any atom is -0.384 e. The van der Waals surface area contributed by atoms with Crippen LogP contribution in [0.5, 0.6) is 0 Å². The van der Waals surface area contributed by atoms with Crippen LogP contribution in [0, 0.1) is 0 Å². The van der Waals surface area contributed by atoms with E-state index in [4.69, 9.17) is 0 Å². The summed E-state index contributed by atoms with van der Waals surface area (Å²) in [6.07, 6.45) is 4.11. The number of rotatable bonds is 8. The van der Waals surface area contributed by atoms with E-state index in [1.807, 2.05) is 6.92 Å². The molecule has 2 N–H and O–H groups in total. The van der Waals surface area contributed by atoms with Crippen LogP contribution in [-0.4, -0.2) is 46.9 Å². The molecule has 0 radical (unpaired) electrons. The van der Waals surface area contributed by atoms with Crippen molar-refractivity contribution in [3.8, 4) is 0 Å². The molecule has 0 aliphatic heterocycles. The fourth-order valence-corrected chi connectivity index (χ4v) is 3.42. The van der Waals surface area contributed by atoms with E-state index in [0.29, 0.717) is 12.2 Å². The number of pyridine rings is 1. The third-order valence-electron chi connectivity index (χ3n) is 2.43. The van der Waals surface area contributed by atoms with Crippen LogP contribution in [0.15, 0.2) is 23.4 Å². The number of hydrogen-bond donors (Lipinski definition) is 2. The number of anilines is 1. The van der Waals surface area contributed by atoms with Crippen LogP contribution in [-0.2, 0) is 19.9 Å². The molecule has 0 atom stereocenters. The Morgan fingerprint density at radius 1 is 1.25 bits per heavy atom. The molecule has 0 saturated heterocycles. The molecule has 114 valence electrons. The molecule has 20 heavy (non-hydrogen) atoms. The van der Waals surface area contributed by atoms with Gasteiger partial charge in [0.05, 0.1) is 11.4 Å². The van der Waals surface area contributed by atoms with Gasteiger partial charge in [0.15, 0.2) is 0 Å². The lowest BCUT2D eigenvalue weighted by atomic mass is 10.4. The van der Waals surface area contributed by atoms with Gasteiger partial charge in [-0.1, -0.05) is 0 Å². The lowest BCUT2D eigenvalue weighted by molar-refractivity contribution is 0.577. The minimum atomic E-state index is -3.70. The molecule has 0 fully saturated rings. The maximum absolute atomic E-state index is 12.1. The highest BCUT2D eigenvalue weighted by Gasteiger charge is 2.18. The molecule has 0 spiro atoms. The van der Waals surface area contributed by atoms with Crippen LogP contribution in [0.25, 0.3) is 0 Å². The number of sulfonamides is 1. The first-order valence-electron chi connectivity index (χ1n) is 6.11. The fraction of sp³-hybridized carbons (Fsp3) is 0.545. The van der Waals surface area contributed by atoms with E-state index in [1.54, 1.807) is 6.07 Å². The Hall–Kier alpha value is -1.19. The fourth-order valence-electron chi connectivity index (χ4n) is 1.55. The van der Waals surface area contributed by atoms with E-state index in [0.717, 1.165) is 6.26 Å². The van der Waals surface area contributed by atoms with Gasteiger partial charge in [-0.3, -0.25) is 4.98 Å². The van der Waals surface area contributed by atoms with Crippen LogP contribution >= 0.6 is 0 Å². The molecule has 0 aliphatic carbocycles. The number of nitrogens with one attached hydrogen (secondary N) is 2. The molecule has 0 aliphatic rings. The van der Waals surface area contributed by atoms with E-state index in [-0.39, 0.29) is 23.6 Å². The van der Waals surface area contributed by atoms with Crippen molar-refractivity contribution in [2.45, 2.75) is 18.2 Å². The SMILES string of the molecule is CCNc1ccncc1S(=O)(=O)NCCCS(C)(=O)=O. The van der Waals surface area contributed by atoms with Gasteiger partial charge in [0, 0.05) is 31.7 Å². The van der Waals surface area contributed by atoms with Gasteiger partial charge >= 0.3 is 0 Å². The van der Waals surface area contributed by atoms with Gasteiger partial charge in [-0.15, -0.1) is 0 Å². The van der Waals surface area contributed by atoms with Gasteiger partial charge in [0.25, 0.3) is 0 Å². The van der Waals surface area contributed by atoms with Gasteiger partial charge < -0.3 is 5.32 Å². The van der Waals surface area contributed by atoms with Crippen molar-refractivity contribution in [3.05, 3.63) is 18.5 Å². The Bertz CT molecular complexity index is 641. The monoisotopic (exact) mass is 321 g/mol. The van der Waals surface area contributed by atoms with E-state index < -0.39 is 19.9 Å². The van der Waals surface area contributed by atoms with E-state index >= 15 is 0 Å². The predicted molar refractivity (Wildman–Crippen MR) is 77.9 cm³/mol. The third-order valence-corrected chi connectivity index (χ3v) is 4.94. The van der Waals surface area contributed by atoms with E-state index in [1.165, 1.54) is 12.4 Å². The molecule has 0 unspecified atom stereocenters. The Morgan fingerprint density at radius 3 is 2.55 bits per heavy atom. The molecule has 0 bridgehead atoms. The average molecular weight is 321 g/mol. The van der Waals surface area contributed by atoms with Crippen molar-refractivity contribution in [2.24, 2.45) is 0 Å². The normalized spacial score (nSPS) is 12.3. The number of aromatic nitrogens is 1. The maximum atomic E-state index is 12.1. The van der Waals surface area contributed by atoms with Crippen molar-refractivity contribution in [3.63, 3.8) is 0 Å². The molecule has 1 aromatic rings. The lowest BCUT2D eigenvalue weighted by Crippen LogP contribution is -2.27. The lowest BCUT2D eigenvalue weighted by Gasteiger charge is -2.11.